The molecule has 114 valence electrons. The summed E-state index contributed by atoms with van der Waals surface area (Å²) in [7, 11) is 0. The molecule has 0 saturated heterocycles. The summed E-state index contributed by atoms with van der Waals surface area (Å²) in [6, 6.07) is 4.56. The molecule has 0 bridgehead atoms. The Morgan fingerprint density at radius 1 is 1.29 bits per heavy atom. The first-order chi connectivity index (χ1) is 10.1. The minimum Gasteiger partial charge on any atom is -0.347 e. The van der Waals surface area contributed by atoms with Crippen LogP contribution >= 0.6 is 11.6 Å². The summed E-state index contributed by atoms with van der Waals surface area (Å²) in [5.41, 5.74) is 1.44. The number of hydrogen-bond donors (Lipinski definition) is 0. The first-order valence-corrected chi connectivity index (χ1v) is 7.09. The zero-order valence-corrected chi connectivity index (χ0v) is 12.7. The molecule has 1 aromatic carbocycles. The van der Waals surface area contributed by atoms with E-state index in [0.717, 1.165) is 5.56 Å². The molecule has 0 fully saturated rings. The van der Waals surface area contributed by atoms with Crippen LogP contribution in [0.5, 0.6) is 0 Å². The third-order valence-electron chi connectivity index (χ3n) is 2.76. The number of benzene rings is 1. The zero-order chi connectivity index (χ0) is 15.2. The fourth-order valence-corrected chi connectivity index (χ4v) is 2.05. The standard InChI is InChI=1S/C14H17ClFN3O2/c1-3-20-14(21-4-2)13-9-19(18-17-13)8-10-5-6-12(16)11(15)7-10/h5-7,9,14H,3-4,8H2,1-2H3. The zero-order valence-electron chi connectivity index (χ0n) is 11.9. The largest absolute Gasteiger partial charge is 0.347 e. The molecule has 0 unspecified atom stereocenters. The van der Waals surface area contributed by atoms with Crippen LogP contribution in [0, 0.1) is 5.82 Å². The minimum atomic E-state index is -0.523. The predicted octanol–water partition coefficient (Wildman–Crippen LogP) is 3.19. The van der Waals surface area contributed by atoms with E-state index in [2.05, 4.69) is 10.3 Å². The lowest BCUT2D eigenvalue weighted by molar-refractivity contribution is -0.142. The molecule has 21 heavy (non-hydrogen) atoms. The number of ether oxygens (including phenoxy) is 2. The van der Waals surface area contributed by atoms with Crippen LogP contribution in [0.2, 0.25) is 5.02 Å². The monoisotopic (exact) mass is 313 g/mol. The molecule has 0 amide bonds. The summed E-state index contributed by atoms with van der Waals surface area (Å²) in [6.45, 7) is 5.25. The topological polar surface area (TPSA) is 49.2 Å². The van der Waals surface area contributed by atoms with E-state index >= 15 is 0 Å². The fraction of sp³-hybridized carbons (Fsp3) is 0.429. The molecule has 0 atom stereocenters. The van der Waals surface area contributed by atoms with Gasteiger partial charge in [0.05, 0.1) is 17.8 Å². The van der Waals surface area contributed by atoms with Gasteiger partial charge < -0.3 is 9.47 Å². The predicted molar refractivity (Wildman–Crippen MR) is 76.5 cm³/mol. The SMILES string of the molecule is CCOC(OCC)c1cn(Cc2ccc(F)c(Cl)c2)nn1. The van der Waals surface area contributed by atoms with Crippen molar-refractivity contribution >= 4 is 11.6 Å². The van der Waals surface area contributed by atoms with Gasteiger partial charge in [-0.3, -0.25) is 0 Å². The Hall–Kier alpha value is -1.50. The first-order valence-electron chi connectivity index (χ1n) is 6.71. The van der Waals surface area contributed by atoms with Gasteiger partial charge in [-0.1, -0.05) is 22.9 Å². The number of nitrogens with zero attached hydrogens (tertiary/aromatic N) is 3. The molecule has 0 aliphatic rings. The van der Waals surface area contributed by atoms with Crippen molar-refractivity contribution in [3.8, 4) is 0 Å². The van der Waals surface area contributed by atoms with Crippen LogP contribution in [0.4, 0.5) is 4.39 Å². The van der Waals surface area contributed by atoms with Gasteiger partial charge in [-0.15, -0.1) is 5.10 Å². The van der Waals surface area contributed by atoms with Crippen molar-refractivity contribution in [2.45, 2.75) is 26.7 Å². The van der Waals surface area contributed by atoms with Crippen LogP contribution in [0.3, 0.4) is 0 Å². The summed E-state index contributed by atoms with van der Waals surface area (Å²) in [6.07, 6.45) is 1.22. The molecule has 2 aromatic rings. The highest BCUT2D eigenvalue weighted by Crippen LogP contribution is 2.18. The van der Waals surface area contributed by atoms with Gasteiger partial charge in [0.15, 0.2) is 0 Å². The second-order valence-electron chi connectivity index (χ2n) is 4.33. The second-order valence-corrected chi connectivity index (χ2v) is 4.74. The second kappa shape index (κ2) is 7.49. The summed E-state index contributed by atoms with van der Waals surface area (Å²) >= 11 is 5.76. The Morgan fingerprint density at radius 2 is 2.00 bits per heavy atom. The molecule has 1 aromatic heterocycles. The highest BCUT2D eigenvalue weighted by molar-refractivity contribution is 6.30. The van der Waals surface area contributed by atoms with Crippen LogP contribution in [0.15, 0.2) is 24.4 Å². The normalized spacial score (nSPS) is 11.3. The quantitative estimate of drug-likeness (QED) is 0.737. The third-order valence-corrected chi connectivity index (χ3v) is 3.05. The van der Waals surface area contributed by atoms with E-state index in [9.17, 15) is 4.39 Å². The third kappa shape index (κ3) is 4.23. The molecule has 0 saturated carbocycles. The van der Waals surface area contributed by atoms with E-state index in [1.165, 1.54) is 6.07 Å². The van der Waals surface area contributed by atoms with Crippen LogP contribution < -0.4 is 0 Å². The average Bonchev–Trinajstić information content (AvgIpc) is 2.91. The van der Waals surface area contributed by atoms with Crippen molar-refractivity contribution in [2.75, 3.05) is 13.2 Å². The van der Waals surface area contributed by atoms with Gasteiger partial charge in [0.1, 0.15) is 11.5 Å². The van der Waals surface area contributed by atoms with Crippen LogP contribution in [-0.4, -0.2) is 28.2 Å². The molecule has 5 nitrogen and oxygen atoms in total. The Morgan fingerprint density at radius 3 is 2.62 bits per heavy atom. The van der Waals surface area contributed by atoms with Crippen molar-refractivity contribution in [1.82, 2.24) is 15.0 Å². The van der Waals surface area contributed by atoms with Crippen LogP contribution in [-0.2, 0) is 16.0 Å². The average molecular weight is 314 g/mol. The fourth-order valence-electron chi connectivity index (χ4n) is 1.85. The van der Waals surface area contributed by atoms with E-state index in [-0.39, 0.29) is 5.02 Å². The molecule has 0 spiro atoms. The first kappa shape index (κ1) is 15.9. The van der Waals surface area contributed by atoms with Crippen molar-refractivity contribution in [1.29, 1.82) is 0 Å². The van der Waals surface area contributed by atoms with E-state index in [1.807, 2.05) is 13.8 Å². The summed E-state index contributed by atoms with van der Waals surface area (Å²) in [5, 5.41) is 8.16. The molecule has 1 heterocycles. The summed E-state index contributed by atoms with van der Waals surface area (Å²) < 4.78 is 25.7. The van der Waals surface area contributed by atoms with Gasteiger partial charge in [0.2, 0.25) is 6.29 Å². The lowest BCUT2D eigenvalue weighted by Gasteiger charge is -2.13. The van der Waals surface area contributed by atoms with E-state index in [0.29, 0.717) is 25.5 Å². The van der Waals surface area contributed by atoms with Gasteiger partial charge in [0.25, 0.3) is 0 Å². The smallest absolute Gasteiger partial charge is 0.204 e. The molecule has 0 N–H and O–H groups in total. The lowest BCUT2D eigenvalue weighted by atomic mass is 10.2. The van der Waals surface area contributed by atoms with E-state index < -0.39 is 12.1 Å². The van der Waals surface area contributed by atoms with Crippen LogP contribution in [0.1, 0.15) is 31.4 Å². The molecule has 0 aliphatic carbocycles. The van der Waals surface area contributed by atoms with E-state index in [1.54, 1.807) is 23.0 Å². The molecule has 7 heteroatoms. The van der Waals surface area contributed by atoms with Crippen molar-refractivity contribution < 1.29 is 13.9 Å². The lowest BCUT2D eigenvalue weighted by Crippen LogP contribution is -2.09. The van der Waals surface area contributed by atoms with E-state index in [4.69, 9.17) is 21.1 Å². The molecular weight excluding hydrogens is 297 g/mol. The van der Waals surface area contributed by atoms with Gasteiger partial charge in [0, 0.05) is 13.2 Å². The molecule has 0 aliphatic heterocycles. The Balaban J connectivity index is 2.09. The number of hydrogen-bond acceptors (Lipinski definition) is 4. The summed E-state index contributed by atoms with van der Waals surface area (Å²) in [5.74, 6) is -0.438. The number of halogens is 2. The molecule has 2 rings (SSSR count). The maximum Gasteiger partial charge on any atom is 0.204 e. The van der Waals surface area contributed by atoms with Gasteiger partial charge in [-0.25, -0.2) is 9.07 Å². The molecular formula is C14H17ClFN3O2. The molecule has 0 radical (unpaired) electrons. The maximum atomic E-state index is 13.1. The Bertz CT molecular complexity index is 585. The minimum absolute atomic E-state index is 0.0920. The summed E-state index contributed by atoms with van der Waals surface area (Å²) in [4.78, 5) is 0. The van der Waals surface area contributed by atoms with Gasteiger partial charge in [-0.05, 0) is 31.5 Å². The number of rotatable bonds is 7. The maximum absolute atomic E-state index is 13.1. The highest BCUT2D eigenvalue weighted by atomic mass is 35.5. The van der Waals surface area contributed by atoms with Crippen molar-refractivity contribution in [3.05, 3.63) is 46.5 Å². The van der Waals surface area contributed by atoms with Crippen LogP contribution in [0.25, 0.3) is 0 Å². The highest BCUT2D eigenvalue weighted by Gasteiger charge is 2.15. The Kier molecular flexibility index (Phi) is 5.67. The van der Waals surface area contributed by atoms with Gasteiger partial charge in [-0.2, -0.15) is 0 Å². The van der Waals surface area contributed by atoms with Crippen molar-refractivity contribution in [2.24, 2.45) is 0 Å². The Labute approximate surface area is 127 Å². The number of aromatic nitrogens is 3. The van der Waals surface area contributed by atoms with Crippen molar-refractivity contribution in [3.63, 3.8) is 0 Å². The van der Waals surface area contributed by atoms with Gasteiger partial charge >= 0.3 is 0 Å².